The standard InChI is InChI=1S/C13H25BF3N5O7S/c15-13(16,17)7-22(10(23)9(19)4-18)30(28,29)21-5-8(2-1-3-14(26)27)12(20,6-21)11(24)25/h8-9,26-27H,1-7,18-20H2,(H,24,25)/t8-,9?,12-/m0/s1. The second-order valence-electron chi connectivity index (χ2n) is 7.06. The van der Waals surface area contributed by atoms with Gasteiger partial charge < -0.3 is 32.4 Å². The van der Waals surface area contributed by atoms with Crippen molar-refractivity contribution in [3.8, 4) is 0 Å². The lowest BCUT2D eigenvalue weighted by Crippen LogP contribution is -2.58. The second kappa shape index (κ2) is 9.76. The van der Waals surface area contributed by atoms with E-state index in [0.717, 1.165) is 0 Å². The molecule has 0 aromatic heterocycles. The molecule has 0 saturated carbocycles. The summed E-state index contributed by atoms with van der Waals surface area (Å²) in [7, 11) is -6.83. The first kappa shape index (κ1) is 26.5. The van der Waals surface area contributed by atoms with Gasteiger partial charge in [0.05, 0.1) is 6.04 Å². The third-order valence-corrected chi connectivity index (χ3v) is 6.55. The van der Waals surface area contributed by atoms with Crippen molar-refractivity contribution in [2.24, 2.45) is 23.1 Å². The number of carbonyl (C=O) groups excluding carboxylic acids is 1. The zero-order valence-corrected chi connectivity index (χ0v) is 16.6. The highest BCUT2D eigenvalue weighted by Gasteiger charge is 2.54. The Hall–Kier alpha value is -1.50. The molecule has 9 N–H and O–H groups in total. The molecule has 1 heterocycles. The summed E-state index contributed by atoms with van der Waals surface area (Å²) in [6, 6.07) is -1.73. The molecule has 174 valence electrons. The van der Waals surface area contributed by atoms with Crippen LogP contribution in [0.1, 0.15) is 12.8 Å². The summed E-state index contributed by atoms with van der Waals surface area (Å²) in [6.07, 6.45) is -5.24. The number of hydrogen-bond acceptors (Lipinski definition) is 9. The zero-order chi connectivity index (χ0) is 23.5. The van der Waals surface area contributed by atoms with Gasteiger partial charge in [0.2, 0.25) is 0 Å². The van der Waals surface area contributed by atoms with Crippen LogP contribution in [0, 0.1) is 5.92 Å². The molecule has 1 aliphatic heterocycles. The van der Waals surface area contributed by atoms with Gasteiger partial charge in [-0.2, -0.15) is 25.9 Å². The Labute approximate surface area is 171 Å². The highest BCUT2D eigenvalue weighted by molar-refractivity contribution is 7.87. The maximum absolute atomic E-state index is 12.9. The van der Waals surface area contributed by atoms with Crippen molar-refractivity contribution >= 4 is 29.2 Å². The molecular weight excluding hydrogens is 438 g/mol. The van der Waals surface area contributed by atoms with Gasteiger partial charge in [0.1, 0.15) is 12.1 Å². The molecule has 1 fully saturated rings. The van der Waals surface area contributed by atoms with Gasteiger partial charge in [-0.1, -0.05) is 6.42 Å². The number of aliphatic carboxylic acids is 1. The van der Waals surface area contributed by atoms with E-state index in [-0.39, 0.29) is 19.2 Å². The molecule has 0 bridgehead atoms. The Kier molecular flexibility index (Phi) is 8.63. The van der Waals surface area contributed by atoms with Gasteiger partial charge >= 0.3 is 29.5 Å². The Bertz CT molecular complexity index is 741. The number of hydrogen-bond donors (Lipinski definition) is 6. The quantitative estimate of drug-likeness (QED) is 0.179. The van der Waals surface area contributed by atoms with E-state index >= 15 is 0 Å². The number of carbonyl (C=O) groups is 2. The summed E-state index contributed by atoms with van der Waals surface area (Å²) in [4.78, 5) is 23.8. The number of amides is 1. The lowest BCUT2D eigenvalue weighted by Gasteiger charge is -2.30. The molecule has 1 unspecified atom stereocenters. The van der Waals surface area contributed by atoms with Crippen molar-refractivity contribution in [2.75, 3.05) is 26.2 Å². The number of nitrogens with two attached hydrogens (primary N) is 3. The number of halogens is 3. The molecule has 3 atom stereocenters. The maximum Gasteiger partial charge on any atom is 0.451 e. The summed E-state index contributed by atoms with van der Waals surface area (Å²) in [5, 5.41) is 27.2. The molecular formula is C13H25BF3N5O7S. The van der Waals surface area contributed by atoms with Crippen LogP contribution in [-0.4, -0.2) is 95.1 Å². The van der Waals surface area contributed by atoms with E-state index in [1.165, 1.54) is 0 Å². The average Bonchev–Trinajstić information content (AvgIpc) is 2.96. The number of carboxylic acid groups (broad SMARTS) is 1. The first-order chi connectivity index (χ1) is 13.6. The second-order valence-corrected chi connectivity index (χ2v) is 8.91. The van der Waals surface area contributed by atoms with Gasteiger partial charge in [0, 0.05) is 25.6 Å². The summed E-state index contributed by atoms with van der Waals surface area (Å²) in [5.74, 6) is -4.25. The topological polar surface area (TPSA) is 214 Å². The molecule has 0 aliphatic carbocycles. The van der Waals surface area contributed by atoms with Crippen molar-refractivity contribution in [1.29, 1.82) is 0 Å². The molecule has 1 aliphatic rings. The lowest BCUT2D eigenvalue weighted by atomic mass is 9.78. The Morgan fingerprint density at radius 3 is 2.33 bits per heavy atom. The van der Waals surface area contributed by atoms with Crippen LogP contribution < -0.4 is 17.2 Å². The van der Waals surface area contributed by atoms with Crippen LogP contribution in [0.3, 0.4) is 0 Å². The molecule has 0 radical (unpaired) electrons. The number of alkyl halides is 3. The Balaban J connectivity index is 3.23. The van der Waals surface area contributed by atoms with Crippen LogP contribution in [0.5, 0.6) is 0 Å². The summed E-state index contributed by atoms with van der Waals surface area (Å²) < 4.78 is 64.3. The normalized spacial score (nSPS) is 23.9. The van der Waals surface area contributed by atoms with E-state index in [9.17, 15) is 36.3 Å². The molecule has 1 rings (SSSR count). The van der Waals surface area contributed by atoms with Crippen molar-refractivity contribution < 1.29 is 46.3 Å². The first-order valence-electron chi connectivity index (χ1n) is 8.78. The molecule has 17 heteroatoms. The number of nitrogens with zero attached hydrogens (tertiary/aromatic N) is 2. The fraction of sp³-hybridized carbons (Fsp3) is 0.846. The van der Waals surface area contributed by atoms with Crippen LogP contribution in [0.15, 0.2) is 0 Å². The molecule has 0 spiro atoms. The molecule has 1 saturated heterocycles. The first-order valence-corrected chi connectivity index (χ1v) is 10.2. The third kappa shape index (κ3) is 6.25. The van der Waals surface area contributed by atoms with E-state index in [0.29, 0.717) is 4.31 Å². The highest BCUT2D eigenvalue weighted by atomic mass is 32.2. The molecule has 12 nitrogen and oxygen atoms in total. The van der Waals surface area contributed by atoms with E-state index in [1.807, 2.05) is 0 Å². The number of carboxylic acids is 1. The average molecular weight is 463 g/mol. The summed E-state index contributed by atoms with van der Waals surface area (Å²) in [6.45, 7) is -4.28. The predicted octanol–water partition coefficient (Wildman–Crippen LogP) is -3.12. The van der Waals surface area contributed by atoms with Crippen LogP contribution in [0.25, 0.3) is 0 Å². The molecule has 0 aromatic rings. The lowest BCUT2D eigenvalue weighted by molar-refractivity contribution is -0.152. The van der Waals surface area contributed by atoms with Gasteiger partial charge in [0.15, 0.2) is 0 Å². The number of rotatable bonds is 10. The van der Waals surface area contributed by atoms with Crippen LogP contribution in [-0.2, 0) is 19.8 Å². The van der Waals surface area contributed by atoms with Gasteiger partial charge in [-0.3, -0.25) is 9.59 Å². The van der Waals surface area contributed by atoms with Gasteiger partial charge in [-0.15, -0.1) is 0 Å². The van der Waals surface area contributed by atoms with Crippen LogP contribution in [0.4, 0.5) is 13.2 Å². The zero-order valence-electron chi connectivity index (χ0n) is 15.8. The monoisotopic (exact) mass is 463 g/mol. The summed E-state index contributed by atoms with van der Waals surface area (Å²) in [5.41, 5.74) is 14.2. The SMILES string of the molecule is NCC(N)C(=O)N(CC(F)(F)F)S(=O)(=O)N1C[C@H](CCCB(O)O)[C@](N)(C(=O)O)C1. The Morgan fingerprint density at radius 2 is 1.90 bits per heavy atom. The molecule has 30 heavy (non-hydrogen) atoms. The van der Waals surface area contributed by atoms with Gasteiger partial charge in [0.25, 0.3) is 5.91 Å². The maximum atomic E-state index is 12.9. The highest BCUT2D eigenvalue weighted by Crippen LogP contribution is 2.34. The largest absolute Gasteiger partial charge is 0.480 e. The fourth-order valence-electron chi connectivity index (χ4n) is 3.07. The minimum atomic E-state index is -5.15. The smallest absolute Gasteiger partial charge is 0.451 e. The summed E-state index contributed by atoms with van der Waals surface area (Å²) >= 11 is 0. The van der Waals surface area contributed by atoms with Gasteiger partial charge in [-0.05, 0) is 12.7 Å². The van der Waals surface area contributed by atoms with E-state index in [1.54, 1.807) is 0 Å². The minimum Gasteiger partial charge on any atom is -0.480 e. The van der Waals surface area contributed by atoms with Crippen LogP contribution in [0.2, 0.25) is 6.32 Å². The van der Waals surface area contributed by atoms with Gasteiger partial charge in [-0.25, -0.2) is 4.31 Å². The fourth-order valence-corrected chi connectivity index (χ4v) is 4.77. The molecule has 1 amide bonds. The minimum absolute atomic E-state index is 0.0536. The van der Waals surface area contributed by atoms with Crippen LogP contribution >= 0.6 is 0 Å². The van der Waals surface area contributed by atoms with E-state index in [2.05, 4.69) is 0 Å². The molecule has 0 aromatic carbocycles. The Morgan fingerprint density at radius 1 is 1.33 bits per heavy atom. The van der Waals surface area contributed by atoms with Crippen molar-refractivity contribution in [2.45, 2.75) is 36.9 Å². The van der Waals surface area contributed by atoms with Crippen molar-refractivity contribution in [1.82, 2.24) is 8.61 Å². The predicted molar refractivity (Wildman–Crippen MR) is 97.6 cm³/mol. The third-order valence-electron chi connectivity index (χ3n) is 4.75. The van der Waals surface area contributed by atoms with E-state index < -0.39 is 83.4 Å². The van der Waals surface area contributed by atoms with Crippen molar-refractivity contribution in [3.63, 3.8) is 0 Å². The van der Waals surface area contributed by atoms with Crippen molar-refractivity contribution in [3.05, 3.63) is 0 Å². The van der Waals surface area contributed by atoms with E-state index in [4.69, 9.17) is 27.2 Å².